The van der Waals surface area contributed by atoms with E-state index in [2.05, 4.69) is 4.98 Å². The van der Waals surface area contributed by atoms with Gasteiger partial charge in [-0.05, 0) is 24.8 Å². The average molecular weight is 398 g/mol. The number of nitrogens with one attached hydrogen (secondary N) is 2. The Hall–Kier alpha value is -2.17. The molecule has 0 bridgehead atoms. The molecule has 1 atom stereocenters. The molecule has 1 aromatic carbocycles. The summed E-state index contributed by atoms with van der Waals surface area (Å²) < 4.78 is 105. The van der Waals surface area contributed by atoms with E-state index in [9.17, 15) is 34.8 Å². The van der Waals surface area contributed by atoms with Crippen molar-refractivity contribution in [2.24, 2.45) is 5.92 Å². The number of benzene rings is 1. The minimum Gasteiger partial charge on any atom is -0.363 e. The molecule has 3 rings (SSSR count). The van der Waals surface area contributed by atoms with Crippen LogP contribution in [0.25, 0.3) is 0 Å². The van der Waals surface area contributed by atoms with Crippen molar-refractivity contribution < 1.29 is 34.8 Å². The van der Waals surface area contributed by atoms with Gasteiger partial charge in [-0.3, -0.25) is 4.72 Å². The van der Waals surface area contributed by atoms with Gasteiger partial charge in [0.15, 0.2) is 11.6 Å². The highest BCUT2D eigenvalue weighted by Crippen LogP contribution is 2.38. The van der Waals surface area contributed by atoms with E-state index in [0.717, 1.165) is 6.20 Å². The van der Waals surface area contributed by atoms with Gasteiger partial charge in [0.05, 0.1) is 11.6 Å². The first-order valence-electron chi connectivity index (χ1n) is 7.42. The fraction of sp³-hybridized carbons (Fsp3) is 0.333. The Balaban J connectivity index is 1.91. The molecule has 1 heterocycles. The predicted molar refractivity (Wildman–Crippen MR) is 79.5 cm³/mol. The van der Waals surface area contributed by atoms with Gasteiger partial charge in [-0.2, -0.15) is 13.2 Å². The van der Waals surface area contributed by atoms with Gasteiger partial charge in [0.1, 0.15) is 10.7 Å². The second-order valence-electron chi connectivity index (χ2n) is 5.94. The molecule has 1 unspecified atom stereocenters. The normalized spacial score (nSPS) is 17.8. The molecule has 0 radical (unpaired) electrons. The number of H-pyrrole nitrogens is 1. The fourth-order valence-corrected chi connectivity index (χ4v) is 4.24. The Kier molecular flexibility index (Phi) is 4.45. The lowest BCUT2D eigenvalue weighted by molar-refractivity contribution is -0.177. The quantitative estimate of drug-likeness (QED) is 0.609. The van der Waals surface area contributed by atoms with Gasteiger partial charge in [-0.25, -0.2) is 21.6 Å². The Labute approximate surface area is 144 Å². The molecule has 0 aliphatic heterocycles. The number of hydrogen-bond donors (Lipinski definition) is 2. The van der Waals surface area contributed by atoms with Crippen molar-refractivity contribution in [3.8, 4) is 0 Å². The summed E-state index contributed by atoms with van der Waals surface area (Å²) in [6.07, 6.45) is -4.21. The van der Waals surface area contributed by atoms with Crippen LogP contribution in [0, 0.1) is 23.4 Å². The molecule has 142 valence electrons. The van der Waals surface area contributed by atoms with E-state index in [1.54, 1.807) is 4.72 Å². The molecule has 0 spiro atoms. The molecular formula is C15H12F6N2O2S. The minimum atomic E-state index is -4.41. The van der Waals surface area contributed by atoms with E-state index in [0.29, 0.717) is 6.07 Å². The summed E-state index contributed by atoms with van der Waals surface area (Å²) in [5.41, 5.74) is -0.506. The zero-order chi connectivity index (χ0) is 19.3. The van der Waals surface area contributed by atoms with Gasteiger partial charge >= 0.3 is 6.18 Å². The summed E-state index contributed by atoms with van der Waals surface area (Å²) in [4.78, 5) is 2.16. The van der Waals surface area contributed by atoms with Gasteiger partial charge < -0.3 is 4.98 Å². The second-order valence-corrected chi connectivity index (χ2v) is 7.59. The molecule has 0 fully saturated rings. The maximum absolute atomic E-state index is 13.7. The molecule has 4 nitrogen and oxygen atoms in total. The molecule has 1 aromatic heterocycles. The lowest BCUT2D eigenvalue weighted by atomic mass is 9.87. The van der Waals surface area contributed by atoms with E-state index >= 15 is 0 Å². The topological polar surface area (TPSA) is 62.0 Å². The maximum atomic E-state index is 13.7. The molecule has 1 aliphatic carbocycles. The van der Waals surface area contributed by atoms with Crippen LogP contribution in [-0.2, 0) is 22.9 Å². The van der Waals surface area contributed by atoms with Gasteiger partial charge in [-0.15, -0.1) is 0 Å². The van der Waals surface area contributed by atoms with Crippen molar-refractivity contribution in [3.63, 3.8) is 0 Å². The Morgan fingerprint density at radius 3 is 2.38 bits per heavy atom. The number of hydrogen-bond acceptors (Lipinski definition) is 2. The first kappa shape index (κ1) is 18.6. The highest BCUT2D eigenvalue weighted by atomic mass is 32.2. The highest BCUT2D eigenvalue weighted by Gasteiger charge is 2.42. The lowest BCUT2D eigenvalue weighted by Gasteiger charge is -2.25. The van der Waals surface area contributed by atoms with Gasteiger partial charge in [0.25, 0.3) is 10.0 Å². The molecular weight excluding hydrogens is 386 g/mol. The van der Waals surface area contributed by atoms with E-state index in [-0.39, 0.29) is 35.1 Å². The summed E-state index contributed by atoms with van der Waals surface area (Å²) in [5.74, 6) is -5.84. The van der Waals surface area contributed by atoms with Crippen LogP contribution in [0.2, 0.25) is 0 Å². The Morgan fingerprint density at radius 2 is 1.73 bits per heavy atom. The third-order valence-corrected chi connectivity index (χ3v) is 5.67. The fourth-order valence-electron chi connectivity index (χ4n) is 2.92. The van der Waals surface area contributed by atoms with E-state index in [1.807, 2.05) is 0 Å². The van der Waals surface area contributed by atoms with Crippen molar-refractivity contribution in [3.05, 3.63) is 47.0 Å². The predicted octanol–water partition coefficient (Wildman–Crippen LogP) is 3.90. The summed E-state index contributed by atoms with van der Waals surface area (Å²) in [6.45, 7) is 0. The van der Waals surface area contributed by atoms with E-state index in [4.69, 9.17) is 0 Å². The van der Waals surface area contributed by atoms with Crippen LogP contribution in [-0.4, -0.2) is 19.6 Å². The van der Waals surface area contributed by atoms with Crippen LogP contribution in [0.5, 0.6) is 0 Å². The van der Waals surface area contributed by atoms with Crippen molar-refractivity contribution in [2.45, 2.75) is 30.3 Å². The summed E-state index contributed by atoms with van der Waals surface area (Å²) >= 11 is 0. The van der Waals surface area contributed by atoms with E-state index < -0.39 is 51.7 Å². The van der Waals surface area contributed by atoms with Crippen molar-refractivity contribution >= 4 is 15.7 Å². The first-order valence-corrected chi connectivity index (χ1v) is 8.90. The number of rotatable bonds is 3. The summed E-state index contributed by atoms with van der Waals surface area (Å²) in [5, 5.41) is 0. The van der Waals surface area contributed by atoms with Gasteiger partial charge in [-0.1, -0.05) is 0 Å². The second kappa shape index (κ2) is 6.22. The summed E-state index contributed by atoms with van der Waals surface area (Å²) in [7, 11) is -4.41. The van der Waals surface area contributed by atoms with Crippen molar-refractivity contribution in [1.82, 2.24) is 4.98 Å². The summed E-state index contributed by atoms with van der Waals surface area (Å²) in [6, 6.07) is 0.536. The average Bonchev–Trinajstić information content (AvgIpc) is 2.95. The standard InChI is InChI=1S/C15H12F6N2O2S/c16-9-4-11(18)13(5-10(9)17)23-26(24,25)14-6-22-12-3-7(15(19,20)21)1-2-8(12)14/h4-7,22-23H,1-3H2. The number of aromatic amines is 1. The van der Waals surface area contributed by atoms with Crippen LogP contribution >= 0.6 is 0 Å². The van der Waals surface area contributed by atoms with Crippen molar-refractivity contribution in [1.29, 1.82) is 0 Å². The van der Waals surface area contributed by atoms with Crippen LogP contribution in [0.15, 0.2) is 23.2 Å². The van der Waals surface area contributed by atoms with Crippen LogP contribution in [0.1, 0.15) is 17.7 Å². The number of aromatic nitrogens is 1. The molecule has 1 aliphatic rings. The first-order chi connectivity index (χ1) is 12.0. The molecule has 0 saturated heterocycles. The number of alkyl halides is 3. The maximum Gasteiger partial charge on any atom is 0.392 e. The van der Waals surface area contributed by atoms with Gasteiger partial charge in [0, 0.05) is 24.0 Å². The number of anilines is 1. The Bertz CT molecular complexity index is 952. The molecule has 0 amide bonds. The molecule has 2 N–H and O–H groups in total. The van der Waals surface area contributed by atoms with Gasteiger partial charge in [0.2, 0.25) is 0 Å². The van der Waals surface area contributed by atoms with Crippen LogP contribution in [0.4, 0.5) is 32.0 Å². The Morgan fingerprint density at radius 1 is 1.08 bits per heavy atom. The molecule has 2 aromatic rings. The van der Waals surface area contributed by atoms with Crippen LogP contribution < -0.4 is 4.72 Å². The molecule has 11 heteroatoms. The van der Waals surface area contributed by atoms with Crippen molar-refractivity contribution in [2.75, 3.05) is 4.72 Å². The largest absolute Gasteiger partial charge is 0.392 e. The van der Waals surface area contributed by atoms with E-state index in [1.165, 1.54) is 0 Å². The lowest BCUT2D eigenvalue weighted by Crippen LogP contribution is -2.29. The van der Waals surface area contributed by atoms with Crippen LogP contribution in [0.3, 0.4) is 0 Å². The number of fused-ring (bicyclic) bond motifs is 1. The third kappa shape index (κ3) is 3.39. The highest BCUT2D eigenvalue weighted by molar-refractivity contribution is 7.92. The monoisotopic (exact) mass is 398 g/mol. The minimum absolute atomic E-state index is 0.129. The molecule has 26 heavy (non-hydrogen) atoms. The third-order valence-electron chi connectivity index (χ3n) is 4.24. The zero-order valence-corrected chi connectivity index (χ0v) is 13.7. The molecule has 0 saturated carbocycles. The number of sulfonamides is 1. The smallest absolute Gasteiger partial charge is 0.363 e. The SMILES string of the molecule is O=S(=O)(Nc1cc(F)c(F)cc1F)c1c[nH]c2c1CCC(C(F)(F)F)C2. The zero-order valence-electron chi connectivity index (χ0n) is 12.9. The number of halogens is 6.